The molecule has 4 aromatic heterocycles. The third-order valence-electron chi connectivity index (χ3n) is 11.8. The van der Waals surface area contributed by atoms with E-state index >= 15 is 0 Å². The Kier molecular flexibility index (Phi) is 6.48. The van der Waals surface area contributed by atoms with Gasteiger partial charge < -0.3 is 0 Å². The van der Waals surface area contributed by atoms with Gasteiger partial charge in [-0.15, -0.1) is 22.7 Å². The van der Waals surface area contributed by atoms with E-state index in [1.54, 1.807) is 0 Å². The summed E-state index contributed by atoms with van der Waals surface area (Å²) in [5, 5.41) is 12.5. The smallest absolute Gasteiger partial charge is 0.165 e. The Labute approximate surface area is 334 Å². The number of rotatable bonds is 3. The number of hydrogen-bond donors (Lipinski definition) is 0. The molecule has 0 atom stereocenters. The number of para-hydroxylation sites is 2. The molecule has 0 aliphatic carbocycles. The van der Waals surface area contributed by atoms with Crippen molar-refractivity contribution in [2.75, 3.05) is 0 Å². The van der Waals surface area contributed by atoms with Crippen molar-refractivity contribution in [3.8, 4) is 28.2 Å². The minimum absolute atomic E-state index is 0.834. The molecule has 264 valence electrons. The molecule has 0 spiro atoms. The van der Waals surface area contributed by atoms with Gasteiger partial charge in [-0.25, -0.2) is 9.97 Å². The fourth-order valence-corrected chi connectivity index (χ4v) is 11.9. The van der Waals surface area contributed by atoms with Crippen molar-refractivity contribution in [1.82, 2.24) is 14.5 Å². The first-order valence-electron chi connectivity index (χ1n) is 19.3. The summed E-state index contributed by atoms with van der Waals surface area (Å²) >= 11 is 3.75. The van der Waals surface area contributed by atoms with Gasteiger partial charge in [-0.3, -0.25) is 4.57 Å². The number of benzene rings is 9. The molecule has 0 N–H and O–H groups in total. The van der Waals surface area contributed by atoms with Crippen LogP contribution in [-0.2, 0) is 0 Å². The molecule has 4 heterocycles. The van der Waals surface area contributed by atoms with Gasteiger partial charge in [-0.05, 0) is 46.2 Å². The van der Waals surface area contributed by atoms with Gasteiger partial charge in [0, 0.05) is 67.5 Å². The van der Waals surface area contributed by atoms with E-state index < -0.39 is 0 Å². The summed E-state index contributed by atoms with van der Waals surface area (Å²) in [5.41, 5.74) is 8.46. The molecule has 3 nitrogen and oxygen atoms in total. The van der Waals surface area contributed by atoms with E-state index in [-0.39, 0.29) is 0 Å². The van der Waals surface area contributed by atoms with Crippen molar-refractivity contribution in [3.63, 3.8) is 0 Å². The molecular formula is C52H29N3S2. The van der Waals surface area contributed by atoms with Crippen LogP contribution in [0.4, 0.5) is 0 Å². The zero-order valence-corrected chi connectivity index (χ0v) is 32.0. The molecule has 0 aliphatic rings. The molecule has 0 amide bonds. The SMILES string of the molecule is c1ccc(-c2cccc3c2sc2c(-c4nc5ccccc5nc4-n4c5ccc6ccccc6c5c5c6c7ccccc7sc6c6ccccc6c54)cccc23)cc1. The molecule has 0 bridgehead atoms. The van der Waals surface area contributed by atoms with Crippen LogP contribution in [-0.4, -0.2) is 14.5 Å². The molecule has 57 heavy (non-hydrogen) atoms. The van der Waals surface area contributed by atoms with Crippen LogP contribution in [0.1, 0.15) is 0 Å². The van der Waals surface area contributed by atoms with Crippen LogP contribution in [0.15, 0.2) is 176 Å². The van der Waals surface area contributed by atoms with Gasteiger partial charge >= 0.3 is 0 Å². The topological polar surface area (TPSA) is 30.7 Å². The molecule has 0 aliphatic heterocycles. The van der Waals surface area contributed by atoms with Crippen molar-refractivity contribution < 1.29 is 0 Å². The maximum absolute atomic E-state index is 5.64. The maximum Gasteiger partial charge on any atom is 0.165 e. The van der Waals surface area contributed by atoms with Crippen LogP contribution < -0.4 is 0 Å². The van der Waals surface area contributed by atoms with Crippen LogP contribution in [0.5, 0.6) is 0 Å². The highest BCUT2D eigenvalue weighted by atomic mass is 32.1. The highest BCUT2D eigenvalue weighted by Gasteiger charge is 2.27. The lowest BCUT2D eigenvalue weighted by atomic mass is 9.97. The monoisotopic (exact) mass is 759 g/mol. The molecule has 5 heteroatoms. The van der Waals surface area contributed by atoms with E-state index in [1.165, 1.54) is 83.8 Å². The standard InChI is InChI=1S/C52H29N3S2/c1-2-14-30(15-3-1)33-21-12-22-36-37-23-13-24-39(50(37)57-49(33)36)47-52(54-41-26-10-9-25-40(41)53-47)55-42-29-28-31-16-4-5-17-32(31)44(42)46-45-38-20-8-11-27-43(38)56-51(45)35-19-7-6-18-34(35)48(46)55/h1-29H. The molecule has 9 aromatic carbocycles. The molecule has 13 aromatic rings. The van der Waals surface area contributed by atoms with Crippen molar-refractivity contribution in [2.45, 2.75) is 0 Å². The van der Waals surface area contributed by atoms with Gasteiger partial charge in [0.05, 0.1) is 22.1 Å². The van der Waals surface area contributed by atoms with Crippen LogP contribution in [0.2, 0.25) is 0 Å². The third-order valence-corrected chi connectivity index (χ3v) is 14.3. The summed E-state index contributed by atoms with van der Waals surface area (Å²) < 4.78 is 7.55. The van der Waals surface area contributed by atoms with E-state index in [4.69, 9.17) is 9.97 Å². The van der Waals surface area contributed by atoms with Crippen LogP contribution in [0.25, 0.3) is 123 Å². The van der Waals surface area contributed by atoms with Crippen molar-refractivity contribution >= 4 is 117 Å². The first kappa shape index (κ1) is 31.3. The Hall–Kier alpha value is -6.92. The number of hydrogen-bond acceptors (Lipinski definition) is 4. The largest absolute Gasteiger partial charge is 0.291 e. The second-order valence-corrected chi connectivity index (χ2v) is 16.9. The van der Waals surface area contributed by atoms with Gasteiger partial charge in [0.25, 0.3) is 0 Å². The Bertz CT molecular complexity index is 3820. The molecular weight excluding hydrogens is 731 g/mol. The van der Waals surface area contributed by atoms with Crippen LogP contribution in [0, 0.1) is 0 Å². The Balaban J connectivity index is 1.24. The number of fused-ring (bicyclic) bond motifs is 16. The van der Waals surface area contributed by atoms with Gasteiger partial charge in [0.1, 0.15) is 5.69 Å². The normalized spacial score (nSPS) is 12.2. The molecule has 0 radical (unpaired) electrons. The van der Waals surface area contributed by atoms with Crippen molar-refractivity contribution in [3.05, 3.63) is 176 Å². The molecule has 0 fully saturated rings. The van der Waals surface area contributed by atoms with Crippen molar-refractivity contribution in [2.24, 2.45) is 0 Å². The van der Waals surface area contributed by atoms with E-state index in [0.717, 1.165) is 39.1 Å². The summed E-state index contributed by atoms with van der Waals surface area (Å²) in [5.74, 6) is 0.834. The van der Waals surface area contributed by atoms with Gasteiger partial charge in [0.15, 0.2) is 5.82 Å². The number of aromatic nitrogens is 3. The van der Waals surface area contributed by atoms with Gasteiger partial charge in [-0.1, -0.05) is 152 Å². The quantitative estimate of drug-likeness (QED) is 0.180. The molecule has 0 saturated heterocycles. The zero-order chi connectivity index (χ0) is 37.2. The molecule has 0 unspecified atom stereocenters. The minimum Gasteiger partial charge on any atom is -0.291 e. The van der Waals surface area contributed by atoms with E-state index in [2.05, 4.69) is 180 Å². The van der Waals surface area contributed by atoms with E-state index in [1.807, 2.05) is 22.7 Å². The van der Waals surface area contributed by atoms with Crippen LogP contribution in [0.3, 0.4) is 0 Å². The average molecular weight is 760 g/mol. The predicted molar refractivity (Wildman–Crippen MR) is 246 cm³/mol. The maximum atomic E-state index is 5.64. The third kappa shape index (κ3) is 4.35. The fraction of sp³-hybridized carbons (Fsp3) is 0. The van der Waals surface area contributed by atoms with E-state index in [9.17, 15) is 0 Å². The fourth-order valence-electron chi connectivity index (χ4n) is 9.33. The summed E-state index contributed by atoms with van der Waals surface area (Å²) in [4.78, 5) is 11.2. The Morgan fingerprint density at radius 3 is 1.82 bits per heavy atom. The summed E-state index contributed by atoms with van der Waals surface area (Å²) in [6.45, 7) is 0. The van der Waals surface area contributed by atoms with Gasteiger partial charge in [0.2, 0.25) is 0 Å². The zero-order valence-electron chi connectivity index (χ0n) is 30.4. The first-order chi connectivity index (χ1) is 28.3. The lowest BCUT2D eigenvalue weighted by molar-refractivity contribution is 1.08. The van der Waals surface area contributed by atoms with E-state index in [0.29, 0.717) is 0 Å². The molecule has 13 rings (SSSR count). The van der Waals surface area contributed by atoms with Gasteiger partial charge in [-0.2, -0.15) is 0 Å². The number of nitrogens with zero attached hydrogens (tertiary/aromatic N) is 3. The second-order valence-electron chi connectivity index (χ2n) is 14.8. The minimum atomic E-state index is 0.834. The second kappa shape index (κ2) is 11.8. The number of thiophene rings is 2. The Morgan fingerprint density at radius 2 is 1.00 bits per heavy atom. The lowest BCUT2D eigenvalue weighted by Crippen LogP contribution is -2.04. The summed E-state index contributed by atoms with van der Waals surface area (Å²) in [6, 6.07) is 63.7. The predicted octanol–water partition coefficient (Wildman–Crippen LogP) is 15.1. The first-order valence-corrected chi connectivity index (χ1v) is 20.9. The highest BCUT2D eigenvalue weighted by Crippen LogP contribution is 2.51. The summed E-state index contributed by atoms with van der Waals surface area (Å²) in [6.07, 6.45) is 0. The Morgan fingerprint density at radius 1 is 0.386 bits per heavy atom. The summed E-state index contributed by atoms with van der Waals surface area (Å²) in [7, 11) is 0. The van der Waals surface area contributed by atoms with Crippen molar-refractivity contribution in [1.29, 1.82) is 0 Å². The average Bonchev–Trinajstić information content (AvgIpc) is 3.97. The highest BCUT2D eigenvalue weighted by molar-refractivity contribution is 7.27. The molecule has 0 saturated carbocycles. The van der Waals surface area contributed by atoms with Crippen LogP contribution >= 0.6 is 22.7 Å². The lowest BCUT2D eigenvalue weighted by Gasteiger charge is -2.15.